The predicted octanol–water partition coefficient (Wildman–Crippen LogP) is 2.27. The highest BCUT2D eigenvalue weighted by Gasteiger charge is 2.25. The highest BCUT2D eigenvalue weighted by atomic mass is 32.2. The van der Waals surface area contributed by atoms with Gasteiger partial charge in [-0.3, -0.25) is 14.6 Å². The molecule has 0 radical (unpaired) electrons. The molecule has 1 aromatic carbocycles. The van der Waals surface area contributed by atoms with E-state index >= 15 is 0 Å². The number of hydrogen-bond donors (Lipinski definition) is 0. The normalized spacial score (nSPS) is 13.7. The van der Waals surface area contributed by atoms with Crippen LogP contribution in [0.4, 0.5) is 0 Å². The first-order valence-corrected chi connectivity index (χ1v) is 12.1. The molecule has 0 unspecified atom stereocenters. The number of thioether (sulfide) groups is 1. The molecular weight excluding hydrogens is 466 g/mol. The van der Waals surface area contributed by atoms with E-state index < -0.39 is 0 Å². The maximum Gasteiger partial charge on any atom is 0.254 e. The van der Waals surface area contributed by atoms with Gasteiger partial charge in [-0.15, -0.1) is 10.2 Å². The third-order valence-electron chi connectivity index (χ3n) is 5.74. The highest BCUT2D eigenvalue weighted by Crippen LogP contribution is 2.21. The molecule has 4 aromatic rings. The summed E-state index contributed by atoms with van der Waals surface area (Å²) >= 11 is 1.36. The number of pyridine rings is 1. The van der Waals surface area contributed by atoms with Crippen LogP contribution in [0, 0.1) is 0 Å². The Hall–Kier alpha value is -3.99. The number of benzene rings is 1. The Balaban J connectivity index is 1.18. The van der Waals surface area contributed by atoms with Gasteiger partial charge in [0.05, 0.1) is 12.9 Å². The maximum atomic E-state index is 12.8. The lowest BCUT2D eigenvalue weighted by Crippen LogP contribution is -2.51. The molecule has 0 bridgehead atoms. The maximum absolute atomic E-state index is 12.8. The van der Waals surface area contributed by atoms with Gasteiger partial charge < -0.3 is 14.5 Å². The molecule has 0 N–H and O–H groups in total. The third kappa shape index (κ3) is 4.94. The smallest absolute Gasteiger partial charge is 0.254 e. The zero-order valence-corrected chi connectivity index (χ0v) is 19.9. The molecule has 1 aliphatic rings. The molecule has 1 aliphatic heterocycles. The summed E-state index contributed by atoms with van der Waals surface area (Å²) in [5.74, 6) is 1.46. The molecule has 4 heterocycles. The first-order chi connectivity index (χ1) is 17.1. The van der Waals surface area contributed by atoms with Crippen LogP contribution in [-0.2, 0) is 4.79 Å². The number of hydrogen-bond acceptors (Lipinski definition) is 8. The molecule has 1 fully saturated rings. The summed E-state index contributed by atoms with van der Waals surface area (Å²) < 4.78 is 6.87. The van der Waals surface area contributed by atoms with E-state index in [-0.39, 0.29) is 17.6 Å². The summed E-state index contributed by atoms with van der Waals surface area (Å²) in [5, 5.41) is 13.7. The monoisotopic (exact) mass is 489 g/mol. The summed E-state index contributed by atoms with van der Waals surface area (Å²) in [5.41, 5.74) is 2.02. The molecular formula is C24H23N7O3S. The molecule has 0 spiro atoms. The average Bonchev–Trinajstić information content (AvgIpc) is 3.35. The summed E-state index contributed by atoms with van der Waals surface area (Å²) in [7, 11) is 1.57. The van der Waals surface area contributed by atoms with Crippen molar-refractivity contribution in [3.05, 3.63) is 66.5 Å². The van der Waals surface area contributed by atoms with Crippen LogP contribution in [0.5, 0.6) is 5.75 Å². The molecule has 11 heteroatoms. The molecule has 178 valence electrons. The first kappa shape index (κ1) is 22.8. The van der Waals surface area contributed by atoms with Crippen molar-refractivity contribution in [3.63, 3.8) is 0 Å². The lowest BCUT2D eigenvalue weighted by Gasteiger charge is -2.34. The van der Waals surface area contributed by atoms with Gasteiger partial charge in [-0.25, -0.2) is 0 Å². The molecule has 35 heavy (non-hydrogen) atoms. The molecule has 2 amide bonds. The lowest BCUT2D eigenvalue weighted by atomic mass is 10.1. The van der Waals surface area contributed by atoms with Crippen LogP contribution in [-0.4, -0.2) is 85.5 Å². The molecule has 3 aromatic heterocycles. The Bertz CT molecular complexity index is 1350. The van der Waals surface area contributed by atoms with Gasteiger partial charge in [-0.2, -0.15) is 9.61 Å². The topological polar surface area (TPSA) is 106 Å². The van der Waals surface area contributed by atoms with E-state index in [1.807, 2.05) is 24.3 Å². The fourth-order valence-corrected chi connectivity index (χ4v) is 4.61. The summed E-state index contributed by atoms with van der Waals surface area (Å²) in [6.45, 7) is 1.98. The summed E-state index contributed by atoms with van der Waals surface area (Å²) in [6, 6.07) is 14.5. The largest absolute Gasteiger partial charge is 0.497 e. The molecule has 0 aliphatic carbocycles. The molecule has 5 rings (SSSR count). The predicted molar refractivity (Wildman–Crippen MR) is 130 cm³/mol. The van der Waals surface area contributed by atoms with Gasteiger partial charge in [0.15, 0.2) is 11.5 Å². The van der Waals surface area contributed by atoms with Gasteiger partial charge in [-0.05, 0) is 42.5 Å². The van der Waals surface area contributed by atoms with Crippen LogP contribution in [0.3, 0.4) is 0 Å². The first-order valence-electron chi connectivity index (χ1n) is 11.1. The Morgan fingerprint density at radius 3 is 2.60 bits per heavy atom. The molecule has 1 saturated heterocycles. The lowest BCUT2D eigenvalue weighted by molar-refractivity contribution is -0.129. The second kappa shape index (κ2) is 10.1. The van der Waals surface area contributed by atoms with Crippen molar-refractivity contribution in [2.24, 2.45) is 0 Å². The van der Waals surface area contributed by atoms with Gasteiger partial charge in [0.1, 0.15) is 10.8 Å². The van der Waals surface area contributed by atoms with E-state index in [1.165, 1.54) is 11.8 Å². The van der Waals surface area contributed by atoms with Crippen molar-refractivity contribution in [2.75, 3.05) is 39.0 Å². The van der Waals surface area contributed by atoms with E-state index in [4.69, 9.17) is 4.74 Å². The Kier molecular flexibility index (Phi) is 6.57. The van der Waals surface area contributed by atoms with Crippen molar-refractivity contribution in [2.45, 2.75) is 5.03 Å². The highest BCUT2D eigenvalue weighted by molar-refractivity contribution is 7.99. The zero-order chi connectivity index (χ0) is 24.2. The number of nitrogens with zero attached hydrogens (tertiary/aromatic N) is 7. The van der Waals surface area contributed by atoms with Gasteiger partial charge in [0.2, 0.25) is 5.91 Å². The van der Waals surface area contributed by atoms with Crippen molar-refractivity contribution < 1.29 is 14.3 Å². The van der Waals surface area contributed by atoms with Crippen molar-refractivity contribution >= 4 is 29.2 Å². The minimum absolute atomic E-state index is 0.0154. The molecule has 0 atom stereocenters. The summed E-state index contributed by atoms with van der Waals surface area (Å²) in [6.07, 6.45) is 3.40. The van der Waals surface area contributed by atoms with E-state index in [9.17, 15) is 9.59 Å². The minimum atomic E-state index is -0.0544. The Morgan fingerprint density at radius 1 is 1.00 bits per heavy atom. The van der Waals surface area contributed by atoms with Gasteiger partial charge in [0, 0.05) is 49.7 Å². The van der Waals surface area contributed by atoms with Gasteiger partial charge in [-0.1, -0.05) is 17.8 Å². The summed E-state index contributed by atoms with van der Waals surface area (Å²) in [4.78, 5) is 33.3. The second-order valence-corrected chi connectivity index (χ2v) is 8.90. The standard InChI is InChI=1S/C24H23N7O3S/c1-34-19-6-2-4-17(14-19)24(33)30-12-10-29(11-13-30)22(32)16-35-21-8-7-20-26-27-23(31(20)28-21)18-5-3-9-25-15-18/h2-9,14-15H,10-13,16H2,1H3. The average molecular weight is 490 g/mol. The van der Waals surface area contributed by atoms with Gasteiger partial charge >= 0.3 is 0 Å². The number of amides is 2. The minimum Gasteiger partial charge on any atom is -0.497 e. The van der Waals surface area contributed by atoms with Crippen molar-refractivity contribution in [3.8, 4) is 17.1 Å². The van der Waals surface area contributed by atoms with E-state index in [0.717, 1.165) is 5.56 Å². The second-order valence-electron chi connectivity index (χ2n) is 7.90. The Morgan fingerprint density at radius 2 is 1.83 bits per heavy atom. The Labute approximate surface area is 205 Å². The number of carbonyl (C=O) groups excluding carboxylic acids is 2. The quantitative estimate of drug-likeness (QED) is 0.380. The zero-order valence-electron chi connectivity index (χ0n) is 19.1. The fraction of sp³-hybridized carbons (Fsp3) is 0.250. The van der Waals surface area contributed by atoms with Crippen LogP contribution in [0.25, 0.3) is 17.0 Å². The third-order valence-corrected chi connectivity index (χ3v) is 6.64. The molecule has 0 saturated carbocycles. The van der Waals surface area contributed by atoms with E-state index in [2.05, 4.69) is 20.3 Å². The molecule has 10 nitrogen and oxygen atoms in total. The number of aromatic nitrogens is 5. The number of ether oxygens (including phenoxy) is 1. The van der Waals surface area contributed by atoms with Crippen molar-refractivity contribution in [1.29, 1.82) is 0 Å². The van der Waals surface area contributed by atoms with Crippen LogP contribution in [0.15, 0.2) is 66.0 Å². The van der Waals surface area contributed by atoms with Crippen LogP contribution >= 0.6 is 11.8 Å². The SMILES string of the molecule is COc1cccc(C(=O)N2CCN(C(=O)CSc3ccc4nnc(-c5cccnc5)n4n3)CC2)c1. The van der Waals surface area contributed by atoms with E-state index in [0.29, 0.717) is 54.0 Å². The number of fused-ring (bicyclic) bond motifs is 1. The number of rotatable bonds is 6. The van der Waals surface area contributed by atoms with Gasteiger partial charge in [0.25, 0.3) is 5.91 Å². The van der Waals surface area contributed by atoms with E-state index in [1.54, 1.807) is 58.1 Å². The number of carbonyl (C=O) groups is 2. The number of piperazine rings is 1. The van der Waals surface area contributed by atoms with Crippen LogP contribution < -0.4 is 4.74 Å². The fourth-order valence-electron chi connectivity index (χ4n) is 3.85. The van der Waals surface area contributed by atoms with Crippen molar-refractivity contribution in [1.82, 2.24) is 34.6 Å². The number of methoxy groups -OCH3 is 1. The van der Waals surface area contributed by atoms with Crippen LogP contribution in [0.2, 0.25) is 0 Å². The van der Waals surface area contributed by atoms with Crippen LogP contribution in [0.1, 0.15) is 10.4 Å².